The lowest BCUT2D eigenvalue weighted by atomic mass is 10.1. The fourth-order valence-corrected chi connectivity index (χ4v) is 1.40. The molecule has 0 amide bonds. The number of rotatable bonds is 8. The van der Waals surface area contributed by atoms with Crippen LogP contribution in [0.25, 0.3) is 0 Å². The van der Waals surface area contributed by atoms with Gasteiger partial charge in [-0.1, -0.05) is 13.8 Å². The molecule has 92 valence electrons. The van der Waals surface area contributed by atoms with Crippen molar-refractivity contribution in [2.75, 3.05) is 20.3 Å². The standard InChI is InChI=1S/C12H23N3O/c1-11(2)4-6-16-7-5-15-10-12(8-13-3)9-14-15/h9-11,13H,4-8H2,1-3H3. The fraction of sp³-hybridized carbons (Fsp3) is 0.750. The predicted molar refractivity (Wildman–Crippen MR) is 65.3 cm³/mol. The van der Waals surface area contributed by atoms with Crippen LogP contribution >= 0.6 is 0 Å². The van der Waals surface area contributed by atoms with Crippen molar-refractivity contribution in [3.8, 4) is 0 Å². The van der Waals surface area contributed by atoms with E-state index in [0.29, 0.717) is 5.92 Å². The number of ether oxygens (including phenoxy) is 1. The highest BCUT2D eigenvalue weighted by molar-refractivity contribution is 5.02. The molecule has 4 nitrogen and oxygen atoms in total. The maximum absolute atomic E-state index is 5.54. The second kappa shape index (κ2) is 7.41. The van der Waals surface area contributed by atoms with Crippen LogP contribution in [0.5, 0.6) is 0 Å². The van der Waals surface area contributed by atoms with Crippen LogP contribution in [-0.2, 0) is 17.8 Å². The van der Waals surface area contributed by atoms with E-state index >= 15 is 0 Å². The highest BCUT2D eigenvalue weighted by Gasteiger charge is 1.98. The summed E-state index contributed by atoms with van der Waals surface area (Å²) in [6, 6.07) is 0. The van der Waals surface area contributed by atoms with E-state index in [1.54, 1.807) is 0 Å². The molecule has 0 fully saturated rings. The molecule has 16 heavy (non-hydrogen) atoms. The second-order valence-corrected chi connectivity index (χ2v) is 4.44. The van der Waals surface area contributed by atoms with Crippen LogP contribution in [-0.4, -0.2) is 30.0 Å². The van der Waals surface area contributed by atoms with Crippen molar-refractivity contribution < 1.29 is 4.74 Å². The third-order valence-electron chi connectivity index (χ3n) is 2.37. The average Bonchev–Trinajstić information content (AvgIpc) is 2.65. The van der Waals surface area contributed by atoms with Crippen molar-refractivity contribution in [1.29, 1.82) is 0 Å². The summed E-state index contributed by atoms with van der Waals surface area (Å²) < 4.78 is 7.47. The summed E-state index contributed by atoms with van der Waals surface area (Å²) in [6.07, 6.45) is 5.08. The third-order valence-corrected chi connectivity index (χ3v) is 2.37. The first-order valence-electron chi connectivity index (χ1n) is 5.96. The normalized spacial score (nSPS) is 11.2. The van der Waals surface area contributed by atoms with E-state index < -0.39 is 0 Å². The van der Waals surface area contributed by atoms with E-state index in [1.807, 2.05) is 17.9 Å². The maximum atomic E-state index is 5.54. The number of aromatic nitrogens is 2. The first kappa shape index (κ1) is 13.2. The lowest BCUT2D eigenvalue weighted by molar-refractivity contribution is 0.114. The quantitative estimate of drug-likeness (QED) is 0.684. The SMILES string of the molecule is CNCc1cnn(CCOCCC(C)C)c1. The van der Waals surface area contributed by atoms with Crippen LogP contribution in [0, 0.1) is 5.92 Å². The van der Waals surface area contributed by atoms with Gasteiger partial charge in [0.1, 0.15) is 0 Å². The first-order chi connectivity index (χ1) is 7.72. The molecular weight excluding hydrogens is 202 g/mol. The maximum Gasteiger partial charge on any atom is 0.0662 e. The van der Waals surface area contributed by atoms with Crippen LogP contribution in [0.15, 0.2) is 12.4 Å². The first-order valence-corrected chi connectivity index (χ1v) is 5.96. The lowest BCUT2D eigenvalue weighted by Crippen LogP contribution is -2.08. The topological polar surface area (TPSA) is 39.1 Å². The monoisotopic (exact) mass is 225 g/mol. The number of hydrogen-bond acceptors (Lipinski definition) is 3. The molecule has 0 atom stereocenters. The molecular formula is C12H23N3O. The molecule has 4 heteroatoms. The minimum atomic E-state index is 0.715. The van der Waals surface area contributed by atoms with Crippen LogP contribution in [0.4, 0.5) is 0 Å². The fourth-order valence-electron chi connectivity index (χ4n) is 1.40. The summed E-state index contributed by atoms with van der Waals surface area (Å²) in [6.45, 7) is 7.72. The Morgan fingerprint density at radius 1 is 1.44 bits per heavy atom. The molecule has 0 aliphatic rings. The highest BCUT2D eigenvalue weighted by Crippen LogP contribution is 2.00. The summed E-state index contributed by atoms with van der Waals surface area (Å²) in [4.78, 5) is 0. The van der Waals surface area contributed by atoms with Gasteiger partial charge in [0, 0.05) is 24.9 Å². The zero-order valence-electron chi connectivity index (χ0n) is 10.6. The van der Waals surface area contributed by atoms with E-state index in [1.165, 1.54) is 5.56 Å². The summed E-state index contributed by atoms with van der Waals surface area (Å²) in [5.41, 5.74) is 1.21. The molecule has 0 radical (unpaired) electrons. The molecule has 1 aromatic heterocycles. The Morgan fingerprint density at radius 3 is 2.94 bits per heavy atom. The van der Waals surface area contributed by atoms with Gasteiger partial charge >= 0.3 is 0 Å². The summed E-state index contributed by atoms with van der Waals surface area (Å²) in [5, 5.41) is 7.37. The molecule has 1 N–H and O–H groups in total. The second-order valence-electron chi connectivity index (χ2n) is 4.44. The smallest absolute Gasteiger partial charge is 0.0662 e. The van der Waals surface area contributed by atoms with Gasteiger partial charge in [-0.3, -0.25) is 4.68 Å². The Labute approximate surface area is 98.0 Å². The molecule has 1 aromatic rings. The van der Waals surface area contributed by atoms with Gasteiger partial charge in [0.2, 0.25) is 0 Å². The zero-order valence-corrected chi connectivity index (χ0v) is 10.6. The molecule has 0 saturated heterocycles. The Bertz CT molecular complexity index is 284. The van der Waals surface area contributed by atoms with Crippen molar-refractivity contribution in [2.24, 2.45) is 5.92 Å². The van der Waals surface area contributed by atoms with Gasteiger partial charge < -0.3 is 10.1 Å². The largest absolute Gasteiger partial charge is 0.380 e. The van der Waals surface area contributed by atoms with Crippen molar-refractivity contribution in [3.05, 3.63) is 18.0 Å². The Hall–Kier alpha value is -0.870. The van der Waals surface area contributed by atoms with Crippen LogP contribution in [0.3, 0.4) is 0 Å². The third kappa shape index (κ3) is 5.28. The molecule has 1 heterocycles. The minimum absolute atomic E-state index is 0.715. The van der Waals surface area contributed by atoms with Crippen LogP contribution in [0.2, 0.25) is 0 Å². The van der Waals surface area contributed by atoms with Gasteiger partial charge in [-0.15, -0.1) is 0 Å². The summed E-state index contributed by atoms with van der Waals surface area (Å²) >= 11 is 0. The Balaban J connectivity index is 2.12. The van der Waals surface area contributed by atoms with Gasteiger partial charge in [-0.05, 0) is 19.4 Å². The number of nitrogens with one attached hydrogen (secondary N) is 1. The van der Waals surface area contributed by atoms with Crippen molar-refractivity contribution in [2.45, 2.75) is 33.4 Å². The van der Waals surface area contributed by atoms with Gasteiger partial charge in [0.25, 0.3) is 0 Å². The number of nitrogens with zero attached hydrogens (tertiary/aromatic N) is 2. The summed E-state index contributed by atoms with van der Waals surface area (Å²) in [7, 11) is 1.94. The van der Waals surface area contributed by atoms with E-state index in [9.17, 15) is 0 Å². The van der Waals surface area contributed by atoms with Gasteiger partial charge in [-0.25, -0.2) is 0 Å². The van der Waals surface area contributed by atoms with E-state index in [2.05, 4.69) is 30.5 Å². The molecule has 0 aromatic carbocycles. The number of hydrogen-bond donors (Lipinski definition) is 1. The predicted octanol–water partition coefficient (Wildman–Crippen LogP) is 1.67. The molecule has 1 rings (SSSR count). The zero-order chi connectivity index (χ0) is 11.8. The molecule has 0 aliphatic carbocycles. The summed E-state index contributed by atoms with van der Waals surface area (Å²) in [5.74, 6) is 0.715. The average molecular weight is 225 g/mol. The lowest BCUT2D eigenvalue weighted by Gasteiger charge is -2.06. The van der Waals surface area contributed by atoms with E-state index in [0.717, 1.165) is 32.7 Å². The Kier molecular flexibility index (Phi) is 6.11. The molecule has 0 bridgehead atoms. The molecule has 0 unspecified atom stereocenters. The molecule has 0 saturated carbocycles. The van der Waals surface area contributed by atoms with Gasteiger partial charge in [0.15, 0.2) is 0 Å². The Morgan fingerprint density at radius 2 is 2.25 bits per heavy atom. The molecule has 0 spiro atoms. The van der Waals surface area contributed by atoms with Crippen molar-refractivity contribution in [1.82, 2.24) is 15.1 Å². The van der Waals surface area contributed by atoms with Crippen LogP contribution < -0.4 is 5.32 Å². The van der Waals surface area contributed by atoms with Gasteiger partial charge in [0.05, 0.1) is 19.3 Å². The van der Waals surface area contributed by atoms with E-state index in [-0.39, 0.29) is 0 Å². The highest BCUT2D eigenvalue weighted by atomic mass is 16.5. The van der Waals surface area contributed by atoms with Gasteiger partial charge in [-0.2, -0.15) is 5.10 Å². The van der Waals surface area contributed by atoms with Crippen molar-refractivity contribution in [3.63, 3.8) is 0 Å². The van der Waals surface area contributed by atoms with E-state index in [4.69, 9.17) is 4.74 Å². The minimum Gasteiger partial charge on any atom is -0.380 e. The van der Waals surface area contributed by atoms with Crippen LogP contribution in [0.1, 0.15) is 25.8 Å². The molecule has 0 aliphatic heterocycles. The van der Waals surface area contributed by atoms with Crippen molar-refractivity contribution >= 4 is 0 Å².